The third-order valence-electron chi connectivity index (χ3n) is 4.82. The fraction of sp³-hybridized carbons (Fsp3) is 0.778. The van der Waals surface area contributed by atoms with Gasteiger partial charge in [-0.2, -0.15) is 0 Å². The Morgan fingerprint density at radius 2 is 1.05 bits per heavy atom. The molecule has 0 N–H and O–H groups in total. The predicted molar refractivity (Wildman–Crippen MR) is 81.7 cm³/mol. The maximum absolute atomic E-state index is 6.35. The van der Waals surface area contributed by atoms with Gasteiger partial charge in [0.25, 0.3) is 0 Å². The average molecular weight is 262 g/mol. The first kappa shape index (κ1) is 14.7. The molecule has 0 spiro atoms. The molecule has 2 saturated carbocycles. The molecule has 0 aliphatic heterocycles. The minimum absolute atomic E-state index is 0.678. The first-order valence-corrected chi connectivity index (χ1v) is 8.35. The lowest BCUT2D eigenvalue weighted by Crippen LogP contribution is -2.16. The van der Waals surface area contributed by atoms with Crippen LogP contribution in [-0.2, 0) is 4.74 Å². The van der Waals surface area contributed by atoms with E-state index in [-0.39, 0.29) is 0 Å². The minimum Gasteiger partial charge on any atom is -0.466 e. The molecule has 0 saturated heterocycles. The molecule has 0 amide bonds. The molecule has 0 heterocycles. The van der Waals surface area contributed by atoms with Gasteiger partial charge in [-0.3, -0.25) is 0 Å². The van der Waals surface area contributed by atoms with Crippen molar-refractivity contribution in [2.45, 2.75) is 78.1 Å². The van der Waals surface area contributed by atoms with Gasteiger partial charge in [0.2, 0.25) is 0 Å². The van der Waals surface area contributed by atoms with Crippen molar-refractivity contribution in [2.75, 3.05) is 0 Å². The summed E-state index contributed by atoms with van der Waals surface area (Å²) >= 11 is 0. The molecule has 0 aromatic rings. The van der Waals surface area contributed by atoms with Gasteiger partial charge in [0.15, 0.2) is 0 Å². The SMILES string of the molecule is CC=C(OC(=CC)C1CCCCC1)C1CCCCC1. The summed E-state index contributed by atoms with van der Waals surface area (Å²) < 4.78 is 6.35. The van der Waals surface area contributed by atoms with Gasteiger partial charge >= 0.3 is 0 Å². The number of hydrogen-bond donors (Lipinski definition) is 0. The topological polar surface area (TPSA) is 9.23 Å². The van der Waals surface area contributed by atoms with E-state index in [4.69, 9.17) is 4.74 Å². The first-order chi connectivity index (χ1) is 9.35. The Hall–Kier alpha value is -0.720. The van der Waals surface area contributed by atoms with E-state index >= 15 is 0 Å². The second-order valence-electron chi connectivity index (χ2n) is 6.15. The van der Waals surface area contributed by atoms with Crippen LogP contribution in [0.25, 0.3) is 0 Å². The highest BCUT2D eigenvalue weighted by atomic mass is 16.5. The van der Waals surface area contributed by atoms with Crippen molar-refractivity contribution in [3.63, 3.8) is 0 Å². The highest BCUT2D eigenvalue weighted by Crippen LogP contribution is 2.36. The Labute approximate surface area is 119 Å². The molecule has 0 aromatic carbocycles. The zero-order valence-electron chi connectivity index (χ0n) is 12.8. The fourth-order valence-corrected chi connectivity index (χ4v) is 3.67. The van der Waals surface area contributed by atoms with Crippen molar-refractivity contribution in [3.05, 3.63) is 23.7 Å². The van der Waals surface area contributed by atoms with E-state index in [1.54, 1.807) is 0 Å². The Bertz CT molecular complexity index is 283. The number of rotatable bonds is 4. The fourth-order valence-electron chi connectivity index (χ4n) is 3.67. The van der Waals surface area contributed by atoms with Gasteiger partial charge in [-0.25, -0.2) is 0 Å². The lowest BCUT2D eigenvalue weighted by Gasteiger charge is -2.29. The predicted octanol–water partition coefficient (Wildman–Crippen LogP) is 5.97. The third-order valence-corrected chi connectivity index (χ3v) is 4.82. The Kier molecular flexibility index (Phi) is 6.00. The molecular formula is C18H30O. The summed E-state index contributed by atoms with van der Waals surface area (Å²) in [5.41, 5.74) is 0. The average Bonchev–Trinajstić information content (AvgIpc) is 2.50. The zero-order chi connectivity index (χ0) is 13.5. The molecule has 0 bridgehead atoms. The minimum atomic E-state index is 0.678. The summed E-state index contributed by atoms with van der Waals surface area (Å²) in [7, 11) is 0. The van der Waals surface area contributed by atoms with Crippen LogP contribution in [-0.4, -0.2) is 0 Å². The van der Waals surface area contributed by atoms with Gasteiger partial charge in [-0.1, -0.05) is 38.5 Å². The van der Waals surface area contributed by atoms with Crippen LogP contribution in [0.15, 0.2) is 23.7 Å². The van der Waals surface area contributed by atoms with Crippen molar-refractivity contribution in [1.29, 1.82) is 0 Å². The normalized spacial score (nSPS) is 24.5. The maximum Gasteiger partial charge on any atom is 0.102 e. The van der Waals surface area contributed by atoms with E-state index in [0.29, 0.717) is 11.8 Å². The Balaban J connectivity index is 1.95. The highest BCUT2D eigenvalue weighted by molar-refractivity contribution is 5.07. The van der Waals surface area contributed by atoms with Crippen LogP contribution in [0.5, 0.6) is 0 Å². The van der Waals surface area contributed by atoms with E-state index in [0.717, 1.165) is 0 Å². The molecule has 19 heavy (non-hydrogen) atoms. The monoisotopic (exact) mass is 262 g/mol. The van der Waals surface area contributed by atoms with E-state index in [9.17, 15) is 0 Å². The smallest absolute Gasteiger partial charge is 0.102 e. The van der Waals surface area contributed by atoms with E-state index in [1.165, 1.54) is 75.7 Å². The standard InChI is InChI=1S/C18H30O/c1-3-17(15-11-7-5-8-12-15)19-18(4-2)16-13-9-6-10-14-16/h3-4,15-16H,5-14H2,1-2H3. The van der Waals surface area contributed by atoms with Gasteiger partial charge < -0.3 is 4.74 Å². The van der Waals surface area contributed by atoms with Crippen molar-refractivity contribution in [1.82, 2.24) is 0 Å². The van der Waals surface area contributed by atoms with Crippen molar-refractivity contribution >= 4 is 0 Å². The summed E-state index contributed by atoms with van der Waals surface area (Å²) in [4.78, 5) is 0. The van der Waals surface area contributed by atoms with Crippen LogP contribution >= 0.6 is 0 Å². The molecule has 0 atom stereocenters. The van der Waals surface area contributed by atoms with Crippen LogP contribution in [0.4, 0.5) is 0 Å². The second-order valence-corrected chi connectivity index (χ2v) is 6.15. The summed E-state index contributed by atoms with van der Waals surface area (Å²) in [6.07, 6.45) is 18.0. The number of ether oxygens (including phenoxy) is 1. The number of hydrogen-bond acceptors (Lipinski definition) is 1. The summed E-state index contributed by atoms with van der Waals surface area (Å²) in [5, 5.41) is 0. The third kappa shape index (κ3) is 4.12. The van der Waals surface area contributed by atoms with Crippen LogP contribution < -0.4 is 0 Å². The van der Waals surface area contributed by atoms with E-state index in [2.05, 4.69) is 26.0 Å². The maximum atomic E-state index is 6.35. The molecular weight excluding hydrogens is 232 g/mol. The first-order valence-electron chi connectivity index (χ1n) is 8.35. The lowest BCUT2D eigenvalue weighted by molar-refractivity contribution is 0.178. The summed E-state index contributed by atoms with van der Waals surface area (Å²) in [6, 6.07) is 0. The molecule has 2 aliphatic rings. The number of allylic oxidation sites excluding steroid dienone is 4. The van der Waals surface area contributed by atoms with Crippen LogP contribution in [0, 0.1) is 11.8 Å². The van der Waals surface area contributed by atoms with Gasteiger partial charge in [-0.15, -0.1) is 0 Å². The van der Waals surface area contributed by atoms with Gasteiger partial charge in [0.1, 0.15) is 11.5 Å². The second kappa shape index (κ2) is 7.77. The zero-order valence-corrected chi connectivity index (χ0v) is 12.8. The van der Waals surface area contributed by atoms with E-state index < -0.39 is 0 Å². The Morgan fingerprint density at radius 3 is 1.37 bits per heavy atom. The molecule has 2 aliphatic carbocycles. The van der Waals surface area contributed by atoms with Gasteiger partial charge in [0.05, 0.1) is 0 Å². The van der Waals surface area contributed by atoms with Crippen molar-refractivity contribution in [2.24, 2.45) is 11.8 Å². The van der Waals surface area contributed by atoms with Gasteiger partial charge in [0, 0.05) is 11.8 Å². The largest absolute Gasteiger partial charge is 0.466 e. The molecule has 0 aromatic heterocycles. The van der Waals surface area contributed by atoms with Crippen LogP contribution in [0.1, 0.15) is 78.1 Å². The van der Waals surface area contributed by atoms with Gasteiger partial charge in [-0.05, 0) is 51.7 Å². The van der Waals surface area contributed by atoms with Crippen LogP contribution in [0.2, 0.25) is 0 Å². The summed E-state index contributed by atoms with van der Waals surface area (Å²) in [6.45, 7) is 4.27. The molecule has 108 valence electrons. The molecule has 2 rings (SSSR count). The molecule has 2 fully saturated rings. The molecule has 1 heteroatoms. The molecule has 0 unspecified atom stereocenters. The van der Waals surface area contributed by atoms with Crippen LogP contribution in [0.3, 0.4) is 0 Å². The Morgan fingerprint density at radius 1 is 0.684 bits per heavy atom. The summed E-state index contributed by atoms with van der Waals surface area (Å²) in [5.74, 6) is 3.85. The van der Waals surface area contributed by atoms with Crippen molar-refractivity contribution < 1.29 is 4.74 Å². The van der Waals surface area contributed by atoms with Crippen molar-refractivity contribution in [3.8, 4) is 0 Å². The lowest BCUT2D eigenvalue weighted by atomic mass is 9.86. The quantitative estimate of drug-likeness (QED) is 0.567. The molecule has 0 radical (unpaired) electrons. The molecule has 1 nitrogen and oxygen atoms in total. The van der Waals surface area contributed by atoms with E-state index in [1.807, 2.05) is 0 Å². The highest BCUT2D eigenvalue weighted by Gasteiger charge is 2.23.